The minimum absolute atomic E-state index is 0.0930. The Labute approximate surface area is 92.8 Å². The van der Waals surface area contributed by atoms with Crippen LogP contribution in [-0.2, 0) is 9.47 Å². The molecule has 88 valence electrons. The van der Waals surface area contributed by atoms with Gasteiger partial charge in [0.15, 0.2) is 0 Å². The van der Waals surface area contributed by atoms with Crippen LogP contribution < -0.4 is 5.32 Å². The molecular weight excluding hydrogens is 190 g/mol. The van der Waals surface area contributed by atoms with Crippen LogP contribution in [0.5, 0.6) is 0 Å². The second kappa shape index (κ2) is 5.64. The summed E-state index contributed by atoms with van der Waals surface area (Å²) in [5.41, 5.74) is 1.22. The monoisotopic (exact) mass is 213 g/mol. The Morgan fingerprint density at radius 2 is 2.00 bits per heavy atom. The van der Waals surface area contributed by atoms with E-state index in [1.54, 1.807) is 7.11 Å². The quantitative estimate of drug-likeness (QED) is 0.722. The Bertz CT molecular complexity index is 216. The molecule has 0 aromatic carbocycles. The smallest absolute Gasteiger partial charge is 0.0910 e. The molecule has 1 aliphatic heterocycles. The molecule has 1 atom stereocenters. The molecule has 1 saturated heterocycles. The molecule has 0 aromatic heterocycles. The van der Waals surface area contributed by atoms with E-state index in [1.165, 1.54) is 5.57 Å². The molecule has 1 unspecified atom stereocenters. The van der Waals surface area contributed by atoms with E-state index >= 15 is 0 Å². The SMILES string of the molecule is CNC(C=C(C)C)C1(OC)CCOCC1. The molecule has 0 aromatic rings. The second-order valence-corrected chi connectivity index (χ2v) is 4.39. The first-order valence-electron chi connectivity index (χ1n) is 5.60. The molecule has 0 aliphatic carbocycles. The van der Waals surface area contributed by atoms with Crippen molar-refractivity contribution >= 4 is 0 Å². The van der Waals surface area contributed by atoms with Gasteiger partial charge < -0.3 is 14.8 Å². The zero-order chi connectivity index (χ0) is 11.3. The van der Waals surface area contributed by atoms with Gasteiger partial charge >= 0.3 is 0 Å². The summed E-state index contributed by atoms with van der Waals surface area (Å²) in [7, 11) is 3.79. The van der Waals surface area contributed by atoms with Crippen LogP contribution in [0.15, 0.2) is 11.6 Å². The molecule has 15 heavy (non-hydrogen) atoms. The van der Waals surface area contributed by atoms with Gasteiger partial charge in [-0.2, -0.15) is 0 Å². The summed E-state index contributed by atoms with van der Waals surface area (Å²) in [4.78, 5) is 0. The Hall–Kier alpha value is -0.380. The van der Waals surface area contributed by atoms with Crippen molar-refractivity contribution in [3.05, 3.63) is 11.6 Å². The van der Waals surface area contributed by atoms with Gasteiger partial charge in [0.2, 0.25) is 0 Å². The van der Waals surface area contributed by atoms with Crippen molar-refractivity contribution in [3.8, 4) is 0 Å². The average Bonchev–Trinajstić information content (AvgIpc) is 2.26. The number of ether oxygens (including phenoxy) is 2. The largest absolute Gasteiger partial charge is 0.381 e. The van der Waals surface area contributed by atoms with E-state index in [1.807, 2.05) is 7.05 Å². The second-order valence-electron chi connectivity index (χ2n) is 4.39. The lowest BCUT2D eigenvalue weighted by Crippen LogP contribution is -2.53. The Kier molecular flexibility index (Phi) is 4.77. The summed E-state index contributed by atoms with van der Waals surface area (Å²) in [6.07, 6.45) is 4.16. The predicted octanol–water partition coefficient (Wildman–Crippen LogP) is 1.74. The lowest BCUT2D eigenvalue weighted by atomic mass is 9.85. The van der Waals surface area contributed by atoms with E-state index in [0.717, 1.165) is 26.1 Å². The van der Waals surface area contributed by atoms with Crippen LogP contribution in [-0.4, -0.2) is 39.0 Å². The predicted molar refractivity (Wildman–Crippen MR) is 62.1 cm³/mol. The fraction of sp³-hybridized carbons (Fsp3) is 0.833. The van der Waals surface area contributed by atoms with Crippen molar-refractivity contribution in [2.45, 2.75) is 38.3 Å². The van der Waals surface area contributed by atoms with Crippen LogP contribution >= 0.6 is 0 Å². The highest BCUT2D eigenvalue weighted by Gasteiger charge is 2.38. The van der Waals surface area contributed by atoms with Crippen molar-refractivity contribution in [2.75, 3.05) is 27.4 Å². The van der Waals surface area contributed by atoms with E-state index in [9.17, 15) is 0 Å². The molecule has 0 bridgehead atoms. The summed E-state index contributed by atoms with van der Waals surface area (Å²) in [5.74, 6) is 0. The molecule has 0 amide bonds. The van der Waals surface area contributed by atoms with Crippen LogP contribution in [0, 0.1) is 0 Å². The third kappa shape index (κ3) is 3.03. The van der Waals surface area contributed by atoms with Crippen LogP contribution in [0.2, 0.25) is 0 Å². The molecule has 0 spiro atoms. The maximum atomic E-state index is 5.75. The van der Waals surface area contributed by atoms with Gasteiger partial charge in [-0.1, -0.05) is 11.6 Å². The summed E-state index contributed by atoms with van der Waals surface area (Å²) in [6, 6.07) is 0.274. The van der Waals surface area contributed by atoms with E-state index < -0.39 is 0 Å². The highest BCUT2D eigenvalue weighted by Crippen LogP contribution is 2.29. The van der Waals surface area contributed by atoms with Crippen LogP contribution in [0.1, 0.15) is 26.7 Å². The lowest BCUT2D eigenvalue weighted by Gasteiger charge is -2.41. The summed E-state index contributed by atoms with van der Waals surface area (Å²) >= 11 is 0. The molecule has 1 rings (SSSR count). The van der Waals surface area contributed by atoms with Crippen molar-refractivity contribution < 1.29 is 9.47 Å². The molecule has 1 N–H and O–H groups in total. The van der Waals surface area contributed by atoms with Gasteiger partial charge in [-0.25, -0.2) is 0 Å². The Balaban J connectivity index is 2.80. The fourth-order valence-corrected chi connectivity index (χ4v) is 2.19. The minimum Gasteiger partial charge on any atom is -0.381 e. The number of allylic oxidation sites excluding steroid dienone is 1. The van der Waals surface area contributed by atoms with Crippen molar-refractivity contribution in [2.24, 2.45) is 0 Å². The van der Waals surface area contributed by atoms with E-state index in [0.29, 0.717) is 0 Å². The number of likely N-dealkylation sites (N-methyl/N-ethyl adjacent to an activating group) is 1. The van der Waals surface area contributed by atoms with Crippen LogP contribution in [0.3, 0.4) is 0 Å². The highest BCUT2D eigenvalue weighted by atomic mass is 16.5. The first-order valence-corrected chi connectivity index (χ1v) is 5.60. The molecule has 1 fully saturated rings. The molecular formula is C12H23NO2. The van der Waals surface area contributed by atoms with E-state index in [-0.39, 0.29) is 11.6 Å². The molecule has 3 heteroatoms. The van der Waals surface area contributed by atoms with Gasteiger partial charge in [-0.3, -0.25) is 0 Å². The van der Waals surface area contributed by atoms with Gasteiger partial charge in [0.1, 0.15) is 0 Å². The number of rotatable bonds is 4. The highest BCUT2D eigenvalue weighted by molar-refractivity contribution is 5.10. The van der Waals surface area contributed by atoms with Crippen LogP contribution in [0.4, 0.5) is 0 Å². The van der Waals surface area contributed by atoms with Gasteiger partial charge in [-0.05, 0) is 20.9 Å². The zero-order valence-electron chi connectivity index (χ0n) is 10.3. The zero-order valence-corrected chi connectivity index (χ0v) is 10.3. The third-order valence-corrected chi connectivity index (χ3v) is 3.12. The standard InChI is InChI=1S/C12H23NO2/c1-10(2)9-11(13-3)12(14-4)5-7-15-8-6-12/h9,11,13H,5-8H2,1-4H3. The maximum Gasteiger partial charge on any atom is 0.0910 e. The first-order chi connectivity index (χ1) is 7.14. The number of hydrogen-bond donors (Lipinski definition) is 1. The summed E-state index contributed by atoms with van der Waals surface area (Å²) in [6.45, 7) is 5.82. The van der Waals surface area contributed by atoms with E-state index in [4.69, 9.17) is 9.47 Å². The van der Waals surface area contributed by atoms with Gasteiger partial charge in [-0.15, -0.1) is 0 Å². The van der Waals surface area contributed by atoms with Gasteiger partial charge in [0.05, 0.1) is 11.6 Å². The van der Waals surface area contributed by atoms with Gasteiger partial charge in [0.25, 0.3) is 0 Å². The summed E-state index contributed by atoms with van der Waals surface area (Å²) in [5, 5.41) is 3.34. The third-order valence-electron chi connectivity index (χ3n) is 3.12. The number of methoxy groups -OCH3 is 1. The van der Waals surface area contributed by atoms with Gasteiger partial charge in [0, 0.05) is 33.2 Å². The normalized spacial score (nSPS) is 22.1. The maximum absolute atomic E-state index is 5.75. The average molecular weight is 213 g/mol. The minimum atomic E-state index is -0.0930. The molecule has 0 saturated carbocycles. The van der Waals surface area contributed by atoms with E-state index in [2.05, 4.69) is 25.2 Å². The molecule has 1 heterocycles. The lowest BCUT2D eigenvalue weighted by molar-refractivity contribution is -0.101. The molecule has 1 aliphatic rings. The number of hydrogen-bond acceptors (Lipinski definition) is 3. The Morgan fingerprint density at radius 3 is 2.40 bits per heavy atom. The first kappa shape index (κ1) is 12.7. The van der Waals surface area contributed by atoms with Crippen molar-refractivity contribution in [1.82, 2.24) is 5.32 Å². The topological polar surface area (TPSA) is 30.5 Å². The summed E-state index contributed by atoms with van der Waals surface area (Å²) < 4.78 is 11.1. The fourth-order valence-electron chi connectivity index (χ4n) is 2.19. The molecule has 3 nitrogen and oxygen atoms in total. The Morgan fingerprint density at radius 1 is 1.40 bits per heavy atom. The number of nitrogens with one attached hydrogen (secondary N) is 1. The van der Waals surface area contributed by atoms with Crippen molar-refractivity contribution in [3.63, 3.8) is 0 Å². The molecule has 0 radical (unpaired) electrons. The van der Waals surface area contributed by atoms with Crippen LogP contribution in [0.25, 0.3) is 0 Å². The van der Waals surface area contributed by atoms with Crippen molar-refractivity contribution in [1.29, 1.82) is 0 Å².